The van der Waals surface area contributed by atoms with Crippen LogP contribution >= 0.6 is 15.9 Å². The van der Waals surface area contributed by atoms with Gasteiger partial charge in [0.2, 0.25) is 0 Å². The quantitative estimate of drug-likeness (QED) is 0.644. The van der Waals surface area contributed by atoms with Crippen molar-refractivity contribution in [2.45, 2.75) is 6.92 Å². The molecule has 0 aliphatic carbocycles. The average Bonchev–Trinajstić information content (AvgIpc) is 2.43. The monoisotopic (exact) mass is 355 g/mol. The van der Waals surface area contributed by atoms with Gasteiger partial charge in [-0.3, -0.25) is 10.1 Å². The molecule has 0 amide bonds. The minimum absolute atomic E-state index is 0.110. The van der Waals surface area contributed by atoms with Crippen LogP contribution in [0.1, 0.15) is 6.92 Å². The summed E-state index contributed by atoms with van der Waals surface area (Å²) >= 11 is 3.19. The molecule has 0 spiro atoms. The van der Waals surface area contributed by atoms with Gasteiger partial charge in [-0.1, -0.05) is 0 Å². The van der Waals surface area contributed by atoms with Crippen molar-refractivity contribution in [2.75, 3.05) is 11.9 Å². The summed E-state index contributed by atoms with van der Waals surface area (Å²) in [6.45, 7) is 2.47. The van der Waals surface area contributed by atoms with Crippen molar-refractivity contribution >= 4 is 27.4 Å². The Labute approximate surface area is 128 Å². The number of pyridine rings is 1. The van der Waals surface area contributed by atoms with Crippen LogP contribution in [0, 0.1) is 15.9 Å². The third-order valence-electron chi connectivity index (χ3n) is 2.49. The van der Waals surface area contributed by atoms with Crippen LogP contribution in [0.3, 0.4) is 0 Å². The highest BCUT2D eigenvalue weighted by Gasteiger charge is 2.19. The molecule has 0 bridgehead atoms. The molecule has 110 valence electrons. The average molecular weight is 356 g/mol. The first-order valence-corrected chi connectivity index (χ1v) is 6.82. The summed E-state index contributed by atoms with van der Waals surface area (Å²) in [5.41, 5.74) is -0.298. The lowest BCUT2D eigenvalue weighted by Gasteiger charge is -2.09. The van der Waals surface area contributed by atoms with E-state index in [1.807, 2.05) is 6.92 Å². The summed E-state index contributed by atoms with van der Waals surface area (Å²) in [4.78, 5) is 14.4. The van der Waals surface area contributed by atoms with Crippen LogP contribution < -0.4 is 10.1 Å². The van der Waals surface area contributed by atoms with E-state index in [1.54, 1.807) is 0 Å². The minimum Gasteiger partial charge on any atom is -0.432 e. The molecule has 2 rings (SSSR count). The van der Waals surface area contributed by atoms with Gasteiger partial charge < -0.3 is 10.1 Å². The Morgan fingerprint density at radius 1 is 1.43 bits per heavy atom. The summed E-state index contributed by atoms with van der Waals surface area (Å²) in [5.74, 6) is -0.173. The zero-order valence-electron chi connectivity index (χ0n) is 11.0. The molecule has 1 aromatic carbocycles. The molecule has 0 saturated heterocycles. The van der Waals surface area contributed by atoms with E-state index in [4.69, 9.17) is 4.74 Å². The summed E-state index contributed by atoms with van der Waals surface area (Å²) < 4.78 is 19.1. The molecule has 1 heterocycles. The zero-order chi connectivity index (χ0) is 15.4. The maximum atomic E-state index is 13.2. The zero-order valence-corrected chi connectivity index (χ0v) is 12.6. The molecule has 0 aliphatic heterocycles. The summed E-state index contributed by atoms with van der Waals surface area (Å²) in [6.07, 6.45) is 0. The first-order valence-electron chi connectivity index (χ1n) is 6.03. The van der Waals surface area contributed by atoms with Crippen LogP contribution in [-0.2, 0) is 0 Å². The van der Waals surface area contributed by atoms with E-state index >= 15 is 0 Å². The number of aromatic nitrogens is 1. The van der Waals surface area contributed by atoms with Crippen LogP contribution in [0.4, 0.5) is 15.9 Å². The Bertz CT molecular complexity index is 682. The van der Waals surface area contributed by atoms with Gasteiger partial charge in [-0.05, 0) is 41.1 Å². The largest absolute Gasteiger partial charge is 0.432 e. The van der Waals surface area contributed by atoms with Gasteiger partial charge in [0.15, 0.2) is 0 Å². The molecule has 8 heteroatoms. The van der Waals surface area contributed by atoms with Gasteiger partial charge in [0.1, 0.15) is 17.4 Å². The first kappa shape index (κ1) is 15.2. The van der Waals surface area contributed by atoms with E-state index in [0.717, 1.165) is 6.07 Å². The second-order valence-electron chi connectivity index (χ2n) is 3.99. The molecule has 21 heavy (non-hydrogen) atoms. The number of benzene rings is 1. The minimum atomic E-state index is -0.606. The van der Waals surface area contributed by atoms with E-state index in [9.17, 15) is 14.5 Å². The van der Waals surface area contributed by atoms with E-state index in [1.165, 1.54) is 24.3 Å². The normalized spacial score (nSPS) is 10.2. The van der Waals surface area contributed by atoms with Gasteiger partial charge in [-0.25, -0.2) is 4.39 Å². The molecule has 0 unspecified atom stereocenters. The molecule has 1 aromatic heterocycles. The Balaban J connectivity index is 2.43. The van der Waals surface area contributed by atoms with E-state index < -0.39 is 10.7 Å². The number of halogens is 2. The molecular formula is C13H11BrFN3O3. The van der Waals surface area contributed by atoms with Gasteiger partial charge >= 0.3 is 11.6 Å². The number of nitro groups is 1. The topological polar surface area (TPSA) is 77.3 Å². The van der Waals surface area contributed by atoms with Crippen LogP contribution in [0.2, 0.25) is 0 Å². The predicted molar refractivity (Wildman–Crippen MR) is 79.2 cm³/mol. The molecule has 2 aromatic rings. The standard InChI is InChI=1S/C13H11BrFN3O3/c1-2-16-12-6-5-10(18(19)20)13(17-12)21-11-7-8(15)3-4-9(11)14/h3-7H,2H2,1H3,(H,16,17). The lowest BCUT2D eigenvalue weighted by molar-refractivity contribution is -0.386. The van der Waals surface area contributed by atoms with Gasteiger partial charge in [-0.15, -0.1) is 0 Å². The molecule has 0 saturated carbocycles. The fourth-order valence-corrected chi connectivity index (χ4v) is 1.91. The fraction of sp³-hybridized carbons (Fsp3) is 0.154. The van der Waals surface area contributed by atoms with Crippen molar-refractivity contribution in [2.24, 2.45) is 0 Å². The van der Waals surface area contributed by atoms with E-state index in [0.29, 0.717) is 16.8 Å². The lowest BCUT2D eigenvalue weighted by atomic mass is 10.3. The van der Waals surface area contributed by atoms with Crippen LogP contribution in [0.15, 0.2) is 34.8 Å². The molecule has 6 nitrogen and oxygen atoms in total. The number of anilines is 1. The summed E-state index contributed by atoms with van der Waals surface area (Å²) in [6, 6.07) is 6.58. The van der Waals surface area contributed by atoms with Crippen LogP contribution in [-0.4, -0.2) is 16.5 Å². The fourth-order valence-electron chi connectivity index (χ4n) is 1.59. The van der Waals surface area contributed by atoms with E-state index in [2.05, 4.69) is 26.2 Å². The van der Waals surface area contributed by atoms with Crippen LogP contribution in [0.25, 0.3) is 0 Å². The SMILES string of the molecule is CCNc1ccc([N+](=O)[O-])c(Oc2cc(F)ccc2Br)n1. The van der Waals surface area contributed by atoms with Gasteiger partial charge in [0.25, 0.3) is 0 Å². The molecular weight excluding hydrogens is 345 g/mol. The number of nitrogens with zero attached hydrogens (tertiary/aromatic N) is 2. The van der Waals surface area contributed by atoms with Gasteiger partial charge in [-0.2, -0.15) is 4.98 Å². The van der Waals surface area contributed by atoms with Crippen LogP contribution in [0.5, 0.6) is 11.6 Å². The number of hydrogen-bond acceptors (Lipinski definition) is 5. The molecule has 0 radical (unpaired) electrons. The molecule has 0 fully saturated rings. The van der Waals surface area contributed by atoms with Crippen molar-refractivity contribution in [3.05, 3.63) is 50.7 Å². The highest BCUT2D eigenvalue weighted by molar-refractivity contribution is 9.10. The second kappa shape index (κ2) is 6.49. The first-order chi connectivity index (χ1) is 10.0. The maximum absolute atomic E-state index is 13.2. The third-order valence-corrected chi connectivity index (χ3v) is 3.15. The van der Waals surface area contributed by atoms with Crippen molar-refractivity contribution < 1.29 is 14.1 Å². The Morgan fingerprint density at radius 2 is 2.19 bits per heavy atom. The summed E-state index contributed by atoms with van der Waals surface area (Å²) in [5, 5.41) is 13.9. The number of hydrogen-bond donors (Lipinski definition) is 1. The number of nitrogens with one attached hydrogen (secondary N) is 1. The van der Waals surface area contributed by atoms with Gasteiger partial charge in [0, 0.05) is 18.7 Å². The van der Waals surface area contributed by atoms with Crippen molar-refractivity contribution in [1.29, 1.82) is 0 Å². The van der Waals surface area contributed by atoms with Crippen molar-refractivity contribution in [1.82, 2.24) is 4.98 Å². The Morgan fingerprint density at radius 3 is 2.86 bits per heavy atom. The Hall–Kier alpha value is -2.22. The number of rotatable bonds is 5. The van der Waals surface area contributed by atoms with E-state index in [-0.39, 0.29) is 17.3 Å². The highest BCUT2D eigenvalue weighted by Crippen LogP contribution is 2.34. The predicted octanol–water partition coefficient (Wildman–Crippen LogP) is 4.12. The molecule has 0 aliphatic rings. The molecule has 1 N–H and O–H groups in total. The number of ether oxygens (including phenoxy) is 1. The third kappa shape index (κ3) is 3.66. The van der Waals surface area contributed by atoms with Gasteiger partial charge in [0.05, 0.1) is 9.40 Å². The van der Waals surface area contributed by atoms with Crippen molar-refractivity contribution in [3.63, 3.8) is 0 Å². The summed E-state index contributed by atoms with van der Waals surface area (Å²) in [7, 11) is 0. The lowest BCUT2D eigenvalue weighted by Crippen LogP contribution is -2.02. The Kier molecular flexibility index (Phi) is 4.69. The van der Waals surface area contributed by atoms with Crippen molar-refractivity contribution in [3.8, 4) is 11.6 Å². The highest BCUT2D eigenvalue weighted by atomic mass is 79.9. The molecule has 0 atom stereocenters. The second-order valence-corrected chi connectivity index (χ2v) is 4.84. The maximum Gasteiger partial charge on any atom is 0.331 e. The smallest absolute Gasteiger partial charge is 0.331 e.